The molecular formula is C23H28N2O4. The van der Waals surface area contributed by atoms with E-state index >= 15 is 0 Å². The zero-order valence-electron chi connectivity index (χ0n) is 16.7. The van der Waals surface area contributed by atoms with Crippen molar-refractivity contribution >= 4 is 17.8 Å². The van der Waals surface area contributed by atoms with E-state index in [9.17, 15) is 14.4 Å². The van der Waals surface area contributed by atoms with Crippen molar-refractivity contribution < 1.29 is 19.5 Å². The average molecular weight is 396 g/mol. The van der Waals surface area contributed by atoms with Crippen LogP contribution in [0, 0.1) is 6.92 Å². The van der Waals surface area contributed by atoms with E-state index in [0.717, 1.165) is 24.8 Å². The maximum atomic E-state index is 12.5. The molecule has 6 nitrogen and oxygen atoms in total. The molecule has 0 spiro atoms. The van der Waals surface area contributed by atoms with Gasteiger partial charge in [0.25, 0.3) is 5.91 Å². The quantitative estimate of drug-likeness (QED) is 0.722. The van der Waals surface area contributed by atoms with Gasteiger partial charge >= 0.3 is 5.97 Å². The second-order valence-corrected chi connectivity index (χ2v) is 7.19. The Morgan fingerprint density at radius 3 is 1.90 bits per heavy atom. The lowest BCUT2D eigenvalue weighted by Gasteiger charge is -2.36. The van der Waals surface area contributed by atoms with Gasteiger partial charge in [0.2, 0.25) is 5.91 Å². The van der Waals surface area contributed by atoms with Crippen LogP contribution in [0.5, 0.6) is 0 Å². The van der Waals surface area contributed by atoms with Crippen LogP contribution < -0.4 is 10.6 Å². The van der Waals surface area contributed by atoms with Gasteiger partial charge in [-0.25, -0.2) is 0 Å². The minimum atomic E-state index is -1.10. The zero-order valence-corrected chi connectivity index (χ0v) is 16.7. The van der Waals surface area contributed by atoms with Gasteiger partial charge in [-0.2, -0.15) is 0 Å². The fourth-order valence-corrected chi connectivity index (χ4v) is 3.27. The van der Waals surface area contributed by atoms with Crippen LogP contribution in [-0.4, -0.2) is 35.0 Å². The highest BCUT2D eigenvalue weighted by molar-refractivity contribution is 5.99. The van der Waals surface area contributed by atoms with E-state index in [1.807, 2.05) is 55.5 Å². The molecular weight excluding hydrogens is 368 g/mol. The van der Waals surface area contributed by atoms with Crippen molar-refractivity contribution in [1.29, 1.82) is 0 Å². The Balaban J connectivity index is 0.000000426. The van der Waals surface area contributed by atoms with Crippen LogP contribution in [0.2, 0.25) is 0 Å². The van der Waals surface area contributed by atoms with Crippen LogP contribution in [0.1, 0.15) is 48.0 Å². The van der Waals surface area contributed by atoms with Crippen LogP contribution >= 0.6 is 0 Å². The third-order valence-corrected chi connectivity index (χ3v) is 4.88. The Hall–Kier alpha value is -3.15. The SMILES string of the molecule is Cc1ccc(C(=O)NC2(C(=O)NCC(=O)O)CCCCC2)cc1.c1ccccc1. The van der Waals surface area contributed by atoms with E-state index in [4.69, 9.17) is 5.11 Å². The molecule has 0 aromatic heterocycles. The molecule has 0 heterocycles. The molecule has 1 saturated carbocycles. The molecule has 0 saturated heterocycles. The standard InChI is InChI=1S/C17H22N2O4.C6H6/c1-12-5-7-13(8-6-12)15(22)19-17(9-3-2-4-10-17)16(23)18-11-14(20)21;1-2-4-6-5-3-1/h5-8H,2-4,9-11H2,1H3,(H,18,23)(H,19,22)(H,20,21);1-6H. The van der Waals surface area contributed by atoms with Gasteiger partial charge in [-0.05, 0) is 31.9 Å². The Morgan fingerprint density at radius 2 is 1.41 bits per heavy atom. The summed E-state index contributed by atoms with van der Waals surface area (Å²) in [7, 11) is 0. The summed E-state index contributed by atoms with van der Waals surface area (Å²) < 4.78 is 0. The molecule has 0 unspecified atom stereocenters. The molecule has 29 heavy (non-hydrogen) atoms. The average Bonchev–Trinajstić information content (AvgIpc) is 2.74. The summed E-state index contributed by atoms with van der Waals surface area (Å²) in [5.41, 5.74) is 0.523. The number of rotatable bonds is 5. The molecule has 1 aliphatic carbocycles. The molecule has 3 N–H and O–H groups in total. The minimum Gasteiger partial charge on any atom is -0.480 e. The van der Waals surface area contributed by atoms with Crippen molar-refractivity contribution in [1.82, 2.24) is 10.6 Å². The van der Waals surface area contributed by atoms with E-state index in [-0.39, 0.29) is 5.91 Å². The number of aryl methyl sites for hydroxylation is 1. The van der Waals surface area contributed by atoms with E-state index in [2.05, 4.69) is 10.6 Å². The Kier molecular flexibility index (Phi) is 8.40. The van der Waals surface area contributed by atoms with Crippen molar-refractivity contribution in [2.24, 2.45) is 0 Å². The summed E-state index contributed by atoms with van der Waals surface area (Å²) in [5, 5.41) is 14.0. The van der Waals surface area contributed by atoms with Crippen molar-refractivity contribution in [2.45, 2.75) is 44.6 Å². The number of benzene rings is 2. The van der Waals surface area contributed by atoms with Crippen molar-refractivity contribution in [3.8, 4) is 0 Å². The first-order valence-electron chi connectivity index (χ1n) is 9.82. The van der Waals surface area contributed by atoms with E-state index in [0.29, 0.717) is 18.4 Å². The lowest BCUT2D eigenvalue weighted by molar-refractivity contribution is -0.139. The van der Waals surface area contributed by atoms with Crippen molar-refractivity contribution in [2.75, 3.05) is 6.54 Å². The summed E-state index contributed by atoms with van der Waals surface area (Å²) >= 11 is 0. The van der Waals surface area contributed by atoms with Crippen LogP contribution in [0.3, 0.4) is 0 Å². The Morgan fingerprint density at radius 1 is 0.897 bits per heavy atom. The van der Waals surface area contributed by atoms with Gasteiger partial charge in [0.1, 0.15) is 12.1 Å². The van der Waals surface area contributed by atoms with Gasteiger partial charge in [0.05, 0.1) is 0 Å². The molecule has 0 atom stereocenters. The van der Waals surface area contributed by atoms with Gasteiger partial charge in [-0.1, -0.05) is 73.4 Å². The second kappa shape index (κ2) is 11.0. The fourth-order valence-electron chi connectivity index (χ4n) is 3.27. The number of hydrogen-bond donors (Lipinski definition) is 3. The summed E-state index contributed by atoms with van der Waals surface area (Å²) in [6.45, 7) is 1.49. The number of hydrogen-bond acceptors (Lipinski definition) is 3. The van der Waals surface area contributed by atoms with Gasteiger partial charge < -0.3 is 15.7 Å². The molecule has 3 rings (SSSR count). The van der Waals surface area contributed by atoms with Gasteiger partial charge in [0.15, 0.2) is 0 Å². The van der Waals surface area contributed by atoms with Crippen LogP contribution in [0.4, 0.5) is 0 Å². The Bertz CT molecular complexity index is 771. The van der Waals surface area contributed by atoms with Gasteiger partial charge in [0, 0.05) is 5.56 Å². The Labute approximate surface area is 171 Å². The third kappa shape index (κ3) is 7.07. The number of aliphatic carboxylic acids is 1. The zero-order chi connectivity index (χ0) is 21.1. The largest absolute Gasteiger partial charge is 0.480 e. The molecule has 1 fully saturated rings. The first-order chi connectivity index (χ1) is 13.9. The minimum absolute atomic E-state index is 0.308. The number of carbonyl (C=O) groups excluding carboxylic acids is 2. The number of carboxylic acid groups (broad SMARTS) is 1. The third-order valence-electron chi connectivity index (χ3n) is 4.88. The number of amides is 2. The van der Waals surface area contributed by atoms with E-state index in [1.54, 1.807) is 12.1 Å². The number of carbonyl (C=O) groups is 3. The van der Waals surface area contributed by atoms with Gasteiger partial charge in [-0.15, -0.1) is 0 Å². The van der Waals surface area contributed by atoms with Gasteiger partial charge in [-0.3, -0.25) is 14.4 Å². The van der Waals surface area contributed by atoms with Crippen LogP contribution in [0.15, 0.2) is 60.7 Å². The maximum absolute atomic E-state index is 12.5. The normalized spacial score (nSPS) is 14.7. The number of carboxylic acids is 1. The van der Waals surface area contributed by atoms with E-state index < -0.39 is 24.0 Å². The van der Waals surface area contributed by atoms with E-state index in [1.165, 1.54) is 0 Å². The lowest BCUT2D eigenvalue weighted by Crippen LogP contribution is -2.60. The summed E-state index contributed by atoms with van der Waals surface area (Å²) in [6.07, 6.45) is 3.71. The highest BCUT2D eigenvalue weighted by Gasteiger charge is 2.41. The number of nitrogens with one attached hydrogen (secondary N) is 2. The topological polar surface area (TPSA) is 95.5 Å². The second-order valence-electron chi connectivity index (χ2n) is 7.19. The summed E-state index contributed by atoms with van der Waals surface area (Å²) in [5.74, 6) is -1.83. The van der Waals surface area contributed by atoms with Crippen molar-refractivity contribution in [3.63, 3.8) is 0 Å². The van der Waals surface area contributed by atoms with Crippen LogP contribution in [-0.2, 0) is 9.59 Å². The molecule has 6 heteroatoms. The summed E-state index contributed by atoms with van der Waals surface area (Å²) in [6, 6.07) is 19.1. The molecule has 0 aliphatic heterocycles. The highest BCUT2D eigenvalue weighted by atomic mass is 16.4. The fraction of sp³-hybridized carbons (Fsp3) is 0.348. The molecule has 154 valence electrons. The molecule has 0 bridgehead atoms. The first-order valence-corrected chi connectivity index (χ1v) is 9.82. The predicted molar refractivity (Wildman–Crippen MR) is 112 cm³/mol. The highest BCUT2D eigenvalue weighted by Crippen LogP contribution is 2.29. The monoisotopic (exact) mass is 396 g/mol. The first kappa shape index (κ1) is 22.1. The molecule has 2 amide bonds. The molecule has 2 aromatic rings. The maximum Gasteiger partial charge on any atom is 0.322 e. The van der Waals surface area contributed by atoms with Crippen molar-refractivity contribution in [3.05, 3.63) is 71.8 Å². The molecule has 2 aromatic carbocycles. The lowest BCUT2D eigenvalue weighted by atomic mass is 9.80. The predicted octanol–water partition coefficient (Wildman–Crippen LogP) is 3.32. The molecule has 1 aliphatic rings. The van der Waals surface area contributed by atoms with Crippen LogP contribution in [0.25, 0.3) is 0 Å². The summed E-state index contributed by atoms with van der Waals surface area (Å²) in [4.78, 5) is 35.6. The smallest absolute Gasteiger partial charge is 0.322 e. The molecule has 0 radical (unpaired) electrons.